The second-order valence-electron chi connectivity index (χ2n) is 2.48. The van der Waals surface area contributed by atoms with Crippen LogP contribution < -0.4 is 5.73 Å². The summed E-state index contributed by atoms with van der Waals surface area (Å²) in [6.45, 7) is 0. The van der Waals surface area contributed by atoms with Gasteiger partial charge in [0, 0.05) is 11.6 Å². The molecule has 0 unspecified atom stereocenters. The maximum atomic E-state index is 10.5. The molecule has 3 heteroatoms. The predicted molar refractivity (Wildman–Crippen MR) is 50.1 cm³/mol. The number of aldehydes is 1. The summed E-state index contributed by atoms with van der Waals surface area (Å²) in [6.07, 6.45) is 3.48. The molecule has 0 saturated heterocycles. The Morgan fingerprint density at radius 2 is 1.85 bits per heavy atom. The molecule has 0 radical (unpaired) electrons. The third-order valence-electron chi connectivity index (χ3n) is 1.55. The molecule has 0 aliphatic rings. The van der Waals surface area contributed by atoms with Crippen LogP contribution in [0.1, 0.15) is 15.9 Å². The number of hydrogen-bond acceptors (Lipinski definition) is 2. The zero-order valence-corrected chi connectivity index (χ0v) is 6.94. The molecule has 0 aliphatic heterocycles. The number of rotatable bonds is 3. The van der Waals surface area contributed by atoms with E-state index in [-0.39, 0.29) is 0 Å². The van der Waals surface area contributed by atoms with Crippen LogP contribution in [-0.2, 0) is 4.79 Å². The Hall–Kier alpha value is -1.90. The van der Waals surface area contributed by atoms with Gasteiger partial charge in [-0.15, -0.1) is 0 Å². The van der Waals surface area contributed by atoms with Crippen molar-refractivity contribution in [2.75, 3.05) is 0 Å². The first-order valence-electron chi connectivity index (χ1n) is 3.76. The van der Waals surface area contributed by atoms with Crippen molar-refractivity contribution < 1.29 is 9.59 Å². The maximum absolute atomic E-state index is 10.5. The van der Waals surface area contributed by atoms with E-state index in [0.717, 1.165) is 6.29 Å². The predicted octanol–water partition coefficient (Wildman–Crippen LogP) is 0.998. The summed E-state index contributed by atoms with van der Waals surface area (Å²) in [5, 5.41) is 0. The summed E-state index contributed by atoms with van der Waals surface area (Å²) in [5.74, 6) is -0.527. The standard InChI is InChI=1S/C10H9NO2/c11-10(13)6-5-8-3-1-2-4-9(8)7-12/h1-7H,(H2,11,13)/b6-5+. The number of amides is 1. The third-order valence-corrected chi connectivity index (χ3v) is 1.55. The number of hydrogen-bond donors (Lipinski definition) is 1. The van der Waals surface area contributed by atoms with Gasteiger partial charge >= 0.3 is 0 Å². The van der Waals surface area contributed by atoms with Crippen LogP contribution in [0.25, 0.3) is 6.08 Å². The second kappa shape index (κ2) is 4.21. The molecule has 0 aromatic heterocycles. The van der Waals surface area contributed by atoms with Crippen LogP contribution in [0.4, 0.5) is 0 Å². The fourth-order valence-electron chi connectivity index (χ4n) is 0.942. The van der Waals surface area contributed by atoms with Crippen molar-refractivity contribution in [1.82, 2.24) is 0 Å². The minimum atomic E-state index is -0.527. The van der Waals surface area contributed by atoms with Crippen molar-refractivity contribution in [3.8, 4) is 0 Å². The zero-order valence-electron chi connectivity index (χ0n) is 6.94. The largest absolute Gasteiger partial charge is 0.366 e. The van der Waals surface area contributed by atoms with E-state index in [1.165, 1.54) is 12.2 Å². The Kier molecular flexibility index (Phi) is 2.97. The fraction of sp³-hybridized carbons (Fsp3) is 0. The Balaban J connectivity index is 3.00. The molecule has 1 amide bonds. The molecule has 1 aromatic carbocycles. The molecule has 3 nitrogen and oxygen atoms in total. The molecule has 13 heavy (non-hydrogen) atoms. The van der Waals surface area contributed by atoms with Gasteiger partial charge in [0.05, 0.1) is 0 Å². The van der Waals surface area contributed by atoms with Crippen LogP contribution in [-0.4, -0.2) is 12.2 Å². The number of primary amides is 1. The van der Waals surface area contributed by atoms with Gasteiger partial charge in [0.1, 0.15) is 0 Å². The lowest BCUT2D eigenvalue weighted by Gasteiger charge is -1.95. The van der Waals surface area contributed by atoms with Gasteiger partial charge in [-0.1, -0.05) is 24.3 Å². The van der Waals surface area contributed by atoms with Gasteiger partial charge < -0.3 is 5.73 Å². The molecule has 0 aliphatic carbocycles. The molecule has 66 valence electrons. The van der Waals surface area contributed by atoms with Crippen molar-refractivity contribution in [1.29, 1.82) is 0 Å². The quantitative estimate of drug-likeness (QED) is 0.550. The maximum Gasteiger partial charge on any atom is 0.241 e. The lowest BCUT2D eigenvalue weighted by molar-refractivity contribution is -0.113. The number of nitrogens with two attached hydrogens (primary N) is 1. The molecule has 0 bridgehead atoms. The lowest BCUT2D eigenvalue weighted by atomic mass is 10.1. The summed E-state index contributed by atoms with van der Waals surface area (Å²) in [4.78, 5) is 20.9. The topological polar surface area (TPSA) is 60.2 Å². The van der Waals surface area contributed by atoms with Crippen LogP contribution in [0.15, 0.2) is 30.3 Å². The first kappa shape index (κ1) is 9.19. The van der Waals surface area contributed by atoms with Gasteiger partial charge in [-0.05, 0) is 11.6 Å². The van der Waals surface area contributed by atoms with E-state index in [9.17, 15) is 9.59 Å². The van der Waals surface area contributed by atoms with Crippen molar-refractivity contribution in [2.24, 2.45) is 5.73 Å². The van der Waals surface area contributed by atoms with Crippen LogP contribution in [0, 0.1) is 0 Å². The smallest absolute Gasteiger partial charge is 0.241 e. The first-order chi connectivity index (χ1) is 6.24. The van der Waals surface area contributed by atoms with Gasteiger partial charge in [0.25, 0.3) is 0 Å². The van der Waals surface area contributed by atoms with E-state index in [0.29, 0.717) is 11.1 Å². The Morgan fingerprint density at radius 1 is 1.23 bits per heavy atom. The monoisotopic (exact) mass is 175 g/mol. The van der Waals surface area contributed by atoms with E-state index in [1.54, 1.807) is 24.3 Å². The Morgan fingerprint density at radius 3 is 2.38 bits per heavy atom. The van der Waals surface area contributed by atoms with Crippen molar-refractivity contribution in [3.05, 3.63) is 41.5 Å². The van der Waals surface area contributed by atoms with Crippen LogP contribution in [0.3, 0.4) is 0 Å². The minimum absolute atomic E-state index is 0.527. The molecular formula is C10H9NO2. The van der Waals surface area contributed by atoms with E-state index in [4.69, 9.17) is 5.73 Å². The highest BCUT2D eigenvalue weighted by molar-refractivity contribution is 5.92. The van der Waals surface area contributed by atoms with Gasteiger partial charge in [-0.25, -0.2) is 0 Å². The third kappa shape index (κ3) is 2.56. The normalized spacial score (nSPS) is 10.2. The highest BCUT2D eigenvalue weighted by Gasteiger charge is 1.95. The lowest BCUT2D eigenvalue weighted by Crippen LogP contribution is -2.05. The molecule has 0 spiro atoms. The fourth-order valence-corrected chi connectivity index (χ4v) is 0.942. The van der Waals surface area contributed by atoms with Crippen molar-refractivity contribution in [3.63, 3.8) is 0 Å². The van der Waals surface area contributed by atoms with Crippen LogP contribution in [0.5, 0.6) is 0 Å². The Labute approximate surface area is 75.9 Å². The molecule has 0 fully saturated rings. The van der Waals surface area contributed by atoms with E-state index < -0.39 is 5.91 Å². The first-order valence-corrected chi connectivity index (χ1v) is 3.76. The molecule has 0 heterocycles. The summed E-state index contributed by atoms with van der Waals surface area (Å²) in [7, 11) is 0. The van der Waals surface area contributed by atoms with Gasteiger partial charge in [-0.2, -0.15) is 0 Å². The van der Waals surface area contributed by atoms with E-state index in [2.05, 4.69) is 0 Å². The average molecular weight is 175 g/mol. The Bertz CT molecular complexity index is 356. The van der Waals surface area contributed by atoms with Gasteiger partial charge in [0.15, 0.2) is 6.29 Å². The molecule has 1 rings (SSSR count). The van der Waals surface area contributed by atoms with E-state index >= 15 is 0 Å². The van der Waals surface area contributed by atoms with Gasteiger partial charge in [-0.3, -0.25) is 9.59 Å². The van der Waals surface area contributed by atoms with E-state index in [1.807, 2.05) is 0 Å². The van der Waals surface area contributed by atoms with Crippen LogP contribution in [0.2, 0.25) is 0 Å². The van der Waals surface area contributed by atoms with Crippen molar-refractivity contribution in [2.45, 2.75) is 0 Å². The molecule has 0 atom stereocenters. The highest BCUT2D eigenvalue weighted by Crippen LogP contribution is 2.07. The molecular weight excluding hydrogens is 166 g/mol. The SMILES string of the molecule is NC(=O)/C=C/c1ccccc1C=O. The summed E-state index contributed by atoms with van der Waals surface area (Å²) in [6, 6.07) is 6.95. The second-order valence-corrected chi connectivity index (χ2v) is 2.48. The zero-order chi connectivity index (χ0) is 9.68. The average Bonchev–Trinajstić information content (AvgIpc) is 2.15. The number of carbonyl (C=O) groups is 2. The van der Waals surface area contributed by atoms with Crippen LogP contribution >= 0.6 is 0 Å². The van der Waals surface area contributed by atoms with Gasteiger partial charge in [0.2, 0.25) is 5.91 Å². The minimum Gasteiger partial charge on any atom is -0.366 e. The van der Waals surface area contributed by atoms with Crippen molar-refractivity contribution >= 4 is 18.3 Å². The summed E-state index contributed by atoms with van der Waals surface area (Å²) >= 11 is 0. The highest BCUT2D eigenvalue weighted by atomic mass is 16.1. The number of benzene rings is 1. The summed E-state index contributed by atoms with van der Waals surface area (Å²) < 4.78 is 0. The molecule has 0 saturated carbocycles. The molecule has 1 aromatic rings. The summed E-state index contributed by atoms with van der Waals surface area (Å²) in [5.41, 5.74) is 6.15. The molecule has 2 N–H and O–H groups in total. The number of carbonyl (C=O) groups excluding carboxylic acids is 2.